The first kappa shape index (κ1) is 17.0. The van der Waals surface area contributed by atoms with Gasteiger partial charge in [-0.1, -0.05) is 11.6 Å². The minimum Gasteiger partial charge on any atom is -0.380 e. The second-order valence-corrected chi connectivity index (χ2v) is 6.44. The Morgan fingerprint density at radius 3 is 2.92 bits per heavy atom. The maximum atomic E-state index is 12.5. The molecule has 0 saturated carbocycles. The summed E-state index contributed by atoms with van der Waals surface area (Å²) in [6.07, 6.45) is 1.67. The van der Waals surface area contributed by atoms with Crippen LogP contribution in [-0.2, 0) is 16.1 Å². The number of hydrogen-bond acceptors (Lipinski definition) is 6. The molecule has 9 heteroatoms. The lowest BCUT2D eigenvalue weighted by Gasteiger charge is -2.26. The van der Waals surface area contributed by atoms with E-state index in [0.717, 1.165) is 11.3 Å². The van der Waals surface area contributed by atoms with Gasteiger partial charge in [0.1, 0.15) is 5.39 Å². The van der Waals surface area contributed by atoms with Crippen molar-refractivity contribution in [2.24, 2.45) is 0 Å². The first-order valence-electron chi connectivity index (χ1n) is 8.26. The number of morpholine rings is 1. The molecule has 3 heterocycles. The number of benzene rings is 1. The van der Waals surface area contributed by atoms with E-state index in [-0.39, 0.29) is 5.56 Å². The molecule has 1 fully saturated rings. The van der Waals surface area contributed by atoms with Crippen molar-refractivity contribution in [3.63, 3.8) is 0 Å². The number of anilines is 1. The van der Waals surface area contributed by atoms with Crippen LogP contribution in [0.15, 0.2) is 29.2 Å². The minimum atomic E-state index is -0.218. The van der Waals surface area contributed by atoms with Crippen LogP contribution in [0.5, 0.6) is 0 Å². The molecule has 8 nitrogen and oxygen atoms in total. The van der Waals surface area contributed by atoms with E-state index in [1.165, 1.54) is 0 Å². The van der Waals surface area contributed by atoms with Crippen LogP contribution in [0.25, 0.3) is 16.7 Å². The lowest BCUT2D eigenvalue weighted by atomic mass is 10.2. The zero-order chi connectivity index (χ0) is 18.1. The van der Waals surface area contributed by atoms with Crippen LogP contribution in [0.3, 0.4) is 0 Å². The maximum absolute atomic E-state index is 12.5. The van der Waals surface area contributed by atoms with E-state index in [9.17, 15) is 4.79 Å². The number of aromatic amines is 1. The molecule has 1 aromatic carbocycles. The van der Waals surface area contributed by atoms with Gasteiger partial charge in [0.05, 0.1) is 25.5 Å². The molecule has 0 atom stereocenters. The number of H-pyrrole nitrogens is 1. The smallest absolute Gasteiger partial charge is 0.263 e. The van der Waals surface area contributed by atoms with Crippen LogP contribution in [0.4, 0.5) is 5.95 Å². The Balaban J connectivity index is 1.78. The molecule has 0 amide bonds. The molecule has 1 aliphatic rings. The van der Waals surface area contributed by atoms with Gasteiger partial charge < -0.3 is 14.4 Å². The van der Waals surface area contributed by atoms with Gasteiger partial charge in [-0.15, -0.1) is 5.10 Å². The molecule has 1 saturated heterocycles. The summed E-state index contributed by atoms with van der Waals surface area (Å²) in [7, 11) is 1.62. The molecular formula is C17H18ClN5O3. The molecule has 26 heavy (non-hydrogen) atoms. The van der Waals surface area contributed by atoms with Crippen LogP contribution in [0.2, 0.25) is 5.02 Å². The van der Waals surface area contributed by atoms with Crippen molar-refractivity contribution in [3.8, 4) is 5.69 Å². The molecule has 4 rings (SSSR count). The normalized spacial score (nSPS) is 14.9. The molecule has 1 aliphatic heterocycles. The molecule has 2 aromatic heterocycles. The van der Waals surface area contributed by atoms with Gasteiger partial charge in [0.15, 0.2) is 5.65 Å². The van der Waals surface area contributed by atoms with Gasteiger partial charge in [-0.2, -0.15) is 4.98 Å². The molecule has 0 spiro atoms. The van der Waals surface area contributed by atoms with Crippen LogP contribution < -0.4 is 10.5 Å². The van der Waals surface area contributed by atoms with Crippen LogP contribution >= 0.6 is 11.6 Å². The van der Waals surface area contributed by atoms with E-state index >= 15 is 0 Å². The fourth-order valence-electron chi connectivity index (χ4n) is 3.00. The van der Waals surface area contributed by atoms with E-state index in [1.54, 1.807) is 24.1 Å². The molecule has 1 N–H and O–H groups in total. The Hall–Kier alpha value is -2.42. The van der Waals surface area contributed by atoms with Crippen LogP contribution in [0.1, 0.15) is 5.56 Å². The van der Waals surface area contributed by atoms with Gasteiger partial charge >= 0.3 is 0 Å². The zero-order valence-electron chi connectivity index (χ0n) is 14.2. The average Bonchev–Trinajstić information content (AvgIpc) is 3.07. The molecule has 0 radical (unpaired) electrons. The Kier molecular flexibility index (Phi) is 4.62. The van der Waals surface area contributed by atoms with Gasteiger partial charge in [0.2, 0.25) is 5.95 Å². The fraction of sp³-hybridized carbons (Fsp3) is 0.353. The number of nitrogens with one attached hydrogen (secondary N) is 1. The van der Waals surface area contributed by atoms with Crippen molar-refractivity contribution in [1.29, 1.82) is 0 Å². The number of rotatable bonds is 4. The molecule has 0 unspecified atom stereocenters. The lowest BCUT2D eigenvalue weighted by molar-refractivity contribution is 0.122. The molecule has 0 aliphatic carbocycles. The number of hydrogen-bond donors (Lipinski definition) is 1. The SMILES string of the molecule is COCc1cc(Cl)ccc1-n1cc2c(=O)[nH]c(N3CCOCC3)nc2n1. The summed E-state index contributed by atoms with van der Waals surface area (Å²) in [5.74, 6) is 0.518. The highest BCUT2D eigenvalue weighted by Gasteiger charge is 2.17. The molecular weight excluding hydrogens is 358 g/mol. The second-order valence-electron chi connectivity index (χ2n) is 6.01. The Labute approximate surface area is 154 Å². The summed E-state index contributed by atoms with van der Waals surface area (Å²) in [6.45, 7) is 2.98. The summed E-state index contributed by atoms with van der Waals surface area (Å²) >= 11 is 6.08. The highest BCUT2D eigenvalue weighted by Crippen LogP contribution is 2.22. The lowest BCUT2D eigenvalue weighted by Crippen LogP contribution is -2.38. The van der Waals surface area contributed by atoms with Gasteiger partial charge in [-0.05, 0) is 18.2 Å². The summed E-state index contributed by atoms with van der Waals surface area (Å²) in [5.41, 5.74) is 1.85. The second kappa shape index (κ2) is 7.06. The number of halogens is 1. The minimum absolute atomic E-state index is 0.218. The van der Waals surface area contributed by atoms with Crippen molar-refractivity contribution in [2.75, 3.05) is 38.3 Å². The van der Waals surface area contributed by atoms with E-state index in [0.29, 0.717) is 54.9 Å². The summed E-state index contributed by atoms with van der Waals surface area (Å²) < 4.78 is 12.2. The van der Waals surface area contributed by atoms with Gasteiger partial charge in [-0.25, -0.2) is 4.68 Å². The summed E-state index contributed by atoms with van der Waals surface area (Å²) in [4.78, 5) is 21.8. The third kappa shape index (κ3) is 3.18. The van der Waals surface area contributed by atoms with Crippen LogP contribution in [0, 0.1) is 0 Å². The quantitative estimate of drug-likeness (QED) is 0.747. The third-order valence-electron chi connectivity index (χ3n) is 4.28. The first-order valence-corrected chi connectivity index (χ1v) is 8.63. The Morgan fingerprint density at radius 2 is 2.15 bits per heavy atom. The number of aromatic nitrogens is 4. The molecule has 3 aromatic rings. The third-order valence-corrected chi connectivity index (χ3v) is 4.51. The van der Waals surface area contributed by atoms with Gasteiger partial charge in [-0.3, -0.25) is 9.78 Å². The van der Waals surface area contributed by atoms with Crippen molar-refractivity contribution >= 4 is 28.6 Å². The Morgan fingerprint density at radius 1 is 1.35 bits per heavy atom. The number of methoxy groups -OCH3 is 1. The van der Waals surface area contributed by atoms with E-state index in [4.69, 9.17) is 21.1 Å². The van der Waals surface area contributed by atoms with Crippen molar-refractivity contribution < 1.29 is 9.47 Å². The summed E-state index contributed by atoms with van der Waals surface area (Å²) in [6, 6.07) is 5.45. The van der Waals surface area contributed by atoms with Gasteiger partial charge in [0, 0.05) is 37.0 Å². The zero-order valence-corrected chi connectivity index (χ0v) is 15.0. The molecule has 136 valence electrons. The highest BCUT2D eigenvalue weighted by atomic mass is 35.5. The van der Waals surface area contributed by atoms with Crippen LogP contribution in [-0.4, -0.2) is 53.2 Å². The molecule has 0 bridgehead atoms. The van der Waals surface area contributed by atoms with Gasteiger partial charge in [0.25, 0.3) is 5.56 Å². The highest BCUT2D eigenvalue weighted by molar-refractivity contribution is 6.30. The monoisotopic (exact) mass is 375 g/mol. The van der Waals surface area contributed by atoms with E-state index in [1.807, 2.05) is 17.0 Å². The van der Waals surface area contributed by atoms with Crippen molar-refractivity contribution in [3.05, 3.63) is 45.3 Å². The average molecular weight is 376 g/mol. The number of nitrogens with zero attached hydrogens (tertiary/aromatic N) is 4. The Bertz CT molecular complexity index is 994. The first-order chi connectivity index (χ1) is 12.7. The largest absolute Gasteiger partial charge is 0.380 e. The predicted octanol–water partition coefficient (Wildman–Crippen LogP) is 1.75. The van der Waals surface area contributed by atoms with Crippen molar-refractivity contribution in [2.45, 2.75) is 6.61 Å². The number of ether oxygens (including phenoxy) is 2. The van der Waals surface area contributed by atoms with E-state index < -0.39 is 0 Å². The predicted molar refractivity (Wildman–Crippen MR) is 98.2 cm³/mol. The standard InChI is InChI=1S/C17H18ClN5O3/c1-25-10-11-8-12(18)2-3-14(11)23-9-13-15(21-23)19-17(20-16(13)24)22-4-6-26-7-5-22/h2-3,8-9H,4-7,10H2,1H3,(H,19,20,21,24). The fourth-order valence-corrected chi connectivity index (χ4v) is 3.20. The summed E-state index contributed by atoms with van der Waals surface area (Å²) in [5, 5.41) is 5.55. The number of fused-ring (bicyclic) bond motifs is 1. The van der Waals surface area contributed by atoms with E-state index in [2.05, 4.69) is 15.1 Å². The maximum Gasteiger partial charge on any atom is 0.263 e. The van der Waals surface area contributed by atoms with Crippen molar-refractivity contribution in [1.82, 2.24) is 19.7 Å². The topological polar surface area (TPSA) is 85.3 Å².